The molecule has 1 heterocycles. The van der Waals surface area contributed by atoms with Gasteiger partial charge in [-0.1, -0.05) is 6.07 Å². The number of nitrogens with zero attached hydrogens (tertiary/aromatic N) is 1. The minimum Gasteiger partial charge on any atom is -0.378 e. The first-order chi connectivity index (χ1) is 8.08. The molecular formula is C13H16FN3. The molecule has 0 aliphatic rings. The summed E-state index contributed by atoms with van der Waals surface area (Å²) in [6, 6.07) is 4.84. The molecule has 2 N–H and O–H groups in total. The normalized spacial score (nSPS) is 10.6. The molecule has 0 unspecified atom stereocenters. The first kappa shape index (κ1) is 11.6. The maximum absolute atomic E-state index is 13.1. The standard InChI is InChI=1S/C13H16FN3/c1-8-4-5-12(14)6-11(8)7-15-13-9(2)16-17-10(13)3/h4-6,15H,7H2,1-3H3,(H,16,17). The highest BCUT2D eigenvalue weighted by molar-refractivity contribution is 5.51. The Bertz CT molecular complexity index is 512. The summed E-state index contributed by atoms with van der Waals surface area (Å²) in [6.45, 7) is 6.47. The Kier molecular flexibility index (Phi) is 3.13. The van der Waals surface area contributed by atoms with E-state index in [2.05, 4.69) is 15.5 Å². The zero-order valence-electron chi connectivity index (χ0n) is 10.3. The van der Waals surface area contributed by atoms with Crippen LogP contribution in [-0.2, 0) is 6.54 Å². The summed E-state index contributed by atoms with van der Waals surface area (Å²) in [5.41, 5.74) is 4.96. The van der Waals surface area contributed by atoms with Crippen molar-refractivity contribution in [3.05, 3.63) is 46.5 Å². The van der Waals surface area contributed by atoms with Crippen molar-refractivity contribution in [2.45, 2.75) is 27.3 Å². The maximum atomic E-state index is 13.1. The number of benzene rings is 1. The van der Waals surface area contributed by atoms with Gasteiger partial charge in [0.15, 0.2) is 0 Å². The number of aryl methyl sites for hydroxylation is 3. The van der Waals surface area contributed by atoms with Gasteiger partial charge in [-0.3, -0.25) is 5.10 Å². The second-order valence-electron chi connectivity index (χ2n) is 4.23. The van der Waals surface area contributed by atoms with E-state index in [1.807, 2.05) is 20.8 Å². The smallest absolute Gasteiger partial charge is 0.123 e. The van der Waals surface area contributed by atoms with Gasteiger partial charge in [0, 0.05) is 6.54 Å². The molecule has 2 aromatic rings. The van der Waals surface area contributed by atoms with Crippen molar-refractivity contribution in [2.75, 3.05) is 5.32 Å². The molecule has 0 saturated carbocycles. The predicted octanol–water partition coefficient (Wildman–Crippen LogP) is 3.09. The molecule has 90 valence electrons. The van der Waals surface area contributed by atoms with Gasteiger partial charge >= 0.3 is 0 Å². The molecule has 1 aromatic carbocycles. The van der Waals surface area contributed by atoms with E-state index in [0.717, 1.165) is 28.2 Å². The molecule has 0 saturated heterocycles. The van der Waals surface area contributed by atoms with E-state index in [1.165, 1.54) is 6.07 Å². The molecule has 0 aliphatic carbocycles. The van der Waals surface area contributed by atoms with Gasteiger partial charge in [0.25, 0.3) is 0 Å². The highest BCUT2D eigenvalue weighted by Crippen LogP contribution is 2.18. The van der Waals surface area contributed by atoms with Gasteiger partial charge in [-0.2, -0.15) is 5.10 Å². The van der Waals surface area contributed by atoms with Gasteiger partial charge in [-0.15, -0.1) is 0 Å². The third-order valence-electron chi connectivity index (χ3n) is 2.89. The monoisotopic (exact) mass is 233 g/mol. The van der Waals surface area contributed by atoms with Gasteiger partial charge in [0.2, 0.25) is 0 Å². The zero-order chi connectivity index (χ0) is 12.4. The quantitative estimate of drug-likeness (QED) is 0.855. The molecule has 0 amide bonds. The van der Waals surface area contributed by atoms with Gasteiger partial charge in [-0.25, -0.2) is 4.39 Å². The Balaban J connectivity index is 2.15. The van der Waals surface area contributed by atoms with E-state index in [4.69, 9.17) is 0 Å². The van der Waals surface area contributed by atoms with Crippen molar-refractivity contribution in [2.24, 2.45) is 0 Å². The van der Waals surface area contributed by atoms with Gasteiger partial charge in [-0.05, 0) is 44.0 Å². The summed E-state index contributed by atoms with van der Waals surface area (Å²) < 4.78 is 13.1. The van der Waals surface area contributed by atoms with Crippen LogP contribution in [0.5, 0.6) is 0 Å². The Morgan fingerprint density at radius 3 is 2.71 bits per heavy atom. The molecular weight excluding hydrogens is 217 g/mol. The largest absolute Gasteiger partial charge is 0.378 e. The second-order valence-corrected chi connectivity index (χ2v) is 4.23. The molecule has 0 bridgehead atoms. The van der Waals surface area contributed by atoms with Crippen LogP contribution in [0.3, 0.4) is 0 Å². The van der Waals surface area contributed by atoms with Crippen molar-refractivity contribution in [1.29, 1.82) is 0 Å². The Morgan fingerprint density at radius 1 is 1.29 bits per heavy atom. The number of H-pyrrole nitrogens is 1. The summed E-state index contributed by atoms with van der Waals surface area (Å²) in [4.78, 5) is 0. The molecule has 0 spiro atoms. The topological polar surface area (TPSA) is 40.7 Å². The van der Waals surface area contributed by atoms with Crippen molar-refractivity contribution < 1.29 is 4.39 Å². The Morgan fingerprint density at radius 2 is 2.06 bits per heavy atom. The maximum Gasteiger partial charge on any atom is 0.123 e. The average molecular weight is 233 g/mol. The summed E-state index contributed by atoms with van der Waals surface area (Å²) in [5, 5.41) is 10.3. The van der Waals surface area contributed by atoms with E-state index < -0.39 is 0 Å². The second kappa shape index (κ2) is 4.57. The molecule has 0 atom stereocenters. The van der Waals surface area contributed by atoms with Crippen LogP contribution in [0, 0.1) is 26.6 Å². The van der Waals surface area contributed by atoms with Crippen LogP contribution in [0.1, 0.15) is 22.5 Å². The average Bonchev–Trinajstić information content (AvgIpc) is 2.61. The fraction of sp³-hybridized carbons (Fsp3) is 0.308. The minimum absolute atomic E-state index is 0.201. The zero-order valence-corrected chi connectivity index (χ0v) is 10.3. The van der Waals surface area contributed by atoms with E-state index in [9.17, 15) is 4.39 Å². The number of hydrogen-bond acceptors (Lipinski definition) is 2. The van der Waals surface area contributed by atoms with Crippen molar-refractivity contribution in [3.63, 3.8) is 0 Å². The molecule has 17 heavy (non-hydrogen) atoms. The number of aromatic amines is 1. The van der Waals surface area contributed by atoms with Crippen LogP contribution in [0.2, 0.25) is 0 Å². The fourth-order valence-electron chi connectivity index (χ4n) is 1.83. The van der Waals surface area contributed by atoms with Crippen LogP contribution < -0.4 is 5.32 Å². The van der Waals surface area contributed by atoms with Crippen molar-refractivity contribution in [3.8, 4) is 0 Å². The predicted molar refractivity (Wildman–Crippen MR) is 66.5 cm³/mol. The third-order valence-corrected chi connectivity index (χ3v) is 2.89. The van der Waals surface area contributed by atoms with E-state index in [-0.39, 0.29) is 5.82 Å². The first-order valence-corrected chi connectivity index (χ1v) is 5.58. The van der Waals surface area contributed by atoms with Crippen LogP contribution in [0.4, 0.5) is 10.1 Å². The molecule has 0 fully saturated rings. The highest BCUT2D eigenvalue weighted by Gasteiger charge is 2.06. The Hall–Kier alpha value is -1.84. The highest BCUT2D eigenvalue weighted by atomic mass is 19.1. The lowest BCUT2D eigenvalue weighted by atomic mass is 10.1. The van der Waals surface area contributed by atoms with Crippen LogP contribution in [-0.4, -0.2) is 10.2 Å². The van der Waals surface area contributed by atoms with Crippen molar-refractivity contribution >= 4 is 5.69 Å². The van der Waals surface area contributed by atoms with Gasteiger partial charge in [0.1, 0.15) is 5.82 Å². The number of anilines is 1. The summed E-state index contributed by atoms with van der Waals surface area (Å²) in [5.74, 6) is -0.201. The lowest BCUT2D eigenvalue weighted by Crippen LogP contribution is -2.03. The SMILES string of the molecule is Cc1ccc(F)cc1CNc1c(C)n[nH]c1C. The first-order valence-electron chi connectivity index (χ1n) is 5.58. The number of aromatic nitrogens is 2. The summed E-state index contributed by atoms with van der Waals surface area (Å²) in [6.07, 6.45) is 0. The molecule has 0 radical (unpaired) electrons. The van der Waals surface area contributed by atoms with Crippen LogP contribution in [0.25, 0.3) is 0 Å². The molecule has 2 rings (SSSR count). The fourth-order valence-corrected chi connectivity index (χ4v) is 1.83. The van der Waals surface area contributed by atoms with Crippen molar-refractivity contribution in [1.82, 2.24) is 10.2 Å². The molecule has 4 heteroatoms. The number of rotatable bonds is 3. The van der Waals surface area contributed by atoms with Crippen LogP contribution in [0.15, 0.2) is 18.2 Å². The number of halogens is 1. The number of nitrogens with one attached hydrogen (secondary N) is 2. The minimum atomic E-state index is -0.201. The molecule has 1 aromatic heterocycles. The lowest BCUT2D eigenvalue weighted by molar-refractivity contribution is 0.625. The lowest BCUT2D eigenvalue weighted by Gasteiger charge is -2.09. The molecule has 3 nitrogen and oxygen atoms in total. The van der Waals surface area contributed by atoms with E-state index in [1.54, 1.807) is 12.1 Å². The summed E-state index contributed by atoms with van der Waals surface area (Å²) in [7, 11) is 0. The number of hydrogen-bond donors (Lipinski definition) is 2. The van der Waals surface area contributed by atoms with E-state index in [0.29, 0.717) is 6.54 Å². The Labute approximate surface area is 100 Å². The van der Waals surface area contributed by atoms with Gasteiger partial charge in [0.05, 0.1) is 17.1 Å². The van der Waals surface area contributed by atoms with Crippen LogP contribution >= 0.6 is 0 Å². The molecule has 0 aliphatic heterocycles. The van der Waals surface area contributed by atoms with E-state index >= 15 is 0 Å². The third kappa shape index (κ3) is 2.46. The summed E-state index contributed by atoms with van der Waals surface area (Å²) >= 11 is 0. The van der Waals surface area contributed by atoms with Gasteiger partial charge < -0.3 is 5.32 Å².